The number of esters is 1. The van der Waals surface area contributed by atoms with Crippen molar-refractivity contribution in [2.75, 3.05) is 19.8 Å². The molecule has 4 rings (SSSR count). The largest absolute Gasteiger partial charge is 0.493 e. The lowest BCUT2D eigenvalue weighted by Crippen LogP contribution is -2.49. The number of ether oxygens (including phenoxy) is 4. The summed E-state index contributed by atoms with van der Waals surface area (Å²) in [6.07, 6.45) is -0.392. The zero-order valence-corrected chi connectivity index (χ0v) is 24.1. The summed E-state index contributed by atoms with van der Waals surface area (Å²) < 4.78 is 63.3. The quantitative estimate of drug-likeness (QED) is 0.186. The Morgan fingerprint density at radius 1 is 1.12 bits per heavy atom. The van der Waals surface area contributed by atoms with Crippen LogP contribution in [-0.4, -0.2) is 44.1 Å². The van der Waals surface area contributed by atoms with E-state index in [-0.39, 0.29) is 30.1 Å². The predicted molar refractivity (Wildman–Crippen MR) is 149 cm³/mol. The van der Waals surface area contributed by atoms with Crippen LogP contribution in [0.1, 0.15) is 81.4 Å². The van der Waals surface area contributed by atoms with E-state index in [2.05, 4.69) is 5.32 Å². The van der Waals surface area contributed by atoms with Crippen molar-refractivity contribution in [2.45, 2.75) is 89.1 Å². The van der Waals surface area contributed by atoms with E-state index in [1.165, 1.54) is 12.1 Å². The number of amides is 1. The molecule has 8 nitrogen and oxygen atoms in total. The molecule has 2 heterocycles. The molecule has 0 bridgehead atoms. The van der Waals surface area contributed by atoms with Crippen LogP contribution < -0.4 is 25.3 Å². The van der Waals surface area contributed by atoms with Gasteiger partial charge in [-0.1, -0.05) is 31.5 Å². The minimum atomic E-state index is -4.55. The number of nitrogens with one attached hydrogen (secondary N) is 1. The van der Waals surface area contributed by atoms with Crippen molar-refractivity contribution in [3.8, 4) is 17.2 Å². The van der Waals surface area contributed by atoms with Crippen molar-refractivity contribution in [1.29, 1.82) is 0 Å². The number of nitrogens with two attached hydrogens (primary N) is 1. The van der Waals surface area contributed by atoms with Gasteiger partial charge in [0, 0.05) is 24.1 Å². The molecule has 230 valence electrons. The Bertz CT molecular complexity index is 1230. The highest BCUT2D eigenvalue weighted by Crippen LogP contribution is 2.48. The fourth-order valence-corrected chi connectivity index (χ4v) is 5.13. The van der Waals surface area contributed by atoms with E-state index in [1.807, 2.05) is 6.92 Å². The van der Waals surface area contributed by atoms with Crippen molar-refractivity contribution in [3.05, 3.63) is 53.1 Å². The van der Waals surface area contributed by atoms with Crippen LogP contribution in [0.15, 0.2) is 36.4 Å². The number of halogens is 3. The molecule has 0 aliphatic carbocycles. The van der Waals surface area contributed by atoms with Crippen LogP contribution in [0.3, 0.4) is 0 Å². The van der Waals surface area contributed by atoms with E-state index < -0.39 is 30.0 Å². The van der Waals surface area contributed by atoms with E-state index in [0.717, 1.165) is 19.3 Å². The molecule has 2 aromatic rings. The van der Waals surface area contributed by atoms with Crippen LogP contribution in [0, 0.1) is 0 Å². The van der Waals surface area contributed by atoms with E-state index in [1.54, 1.807) is 31.2 Å². The third-order valence-electron chi connectivity index (χ3n) is 7.55. The highest BCUT2D eigenvalue weighted by atomic mass is 19.4. The number of alkyl halides is 3. The monoisotopic (exact) mass is 592 g/mol. The normalized spacial score (nSPS) is 20.2. The van der Waals surface area contributed by atoms with Crippen molar-refractivity contribution < 1.29 is 41.7 Å². The number of hydrogen-bond donors (Lipinski definition) is 2. The molecule has 0 saturated carbocycles. The van der Waals surface area contributed by atoms with Gasteiger partial charge in [0.05, 0.1) is 25.6 Å². The summed E-state index contributed by atoms with van der Waals surface area (Å²) in [6.45, 7) is 4.86. The van der Waals surface area contributed by atoms with E-state index in [4.69, 9.17) is 24.7 Å². The molecule has 2 aliphatic rings. The molecule has 2 aromatic carbocycles. The van der Waals surface area contributed by atoms with Gasteiger partial charge in [-0.25, -0.2) is 0 Å². The van der Waals surface area contributed by atoms with Gasteiger partial charge in [-0.3, -0.25) is 9.59 Å². The SMILES string of the molecule is CCCc1c(OCCCCNC(=O)C(C)(N)c2ccc(OC3CCCCO3)cc2)ccc2c1OC(=O)CC2C(F)(F)F. The first kappa shape index (κ1) is 31.6. The van der Waals surface area contributed by atoms with Gasteiger partial charge in [0.25, 0.3) is 0 Å². The lowest BCUT2D eigenvalue weighted by molar-refractivity contribution is -0.166. The van der Waals surface area contributed by atoms with Gasteiger partial charge in [-0.2, -0.15) is 13.2 Å². The van der Waals surface area contributed by atoms with Gasteiger partial charge in [0.2, 0.25) is 5.91 Å². The Balaban J connectivity index is 1.26. The maximum absolute atomic E-state index is 13.6. The highest BCUT2D eigenvalue weighted by Gasteiger charge is 2.47. The van der Waals surface area contributed by atoms with Gasteiger partial charge in [-0.05, 0) is 62.8 Å². The van der Waals surface area contributed by atoms with Gasteiger partial charge in [0.15, 0.2) is 6.29 Å². The number of benzene rings is 2. The standard InChI is InChI=1S/C31H39F3N2O6/c1-3-8-23-25(15-14-22-24(31(32,33)34)19-26(37)42-28(22)23)39-17-7-5-16-36-29(38)30(2,35)20-10-12-21(13-11-20)41-27-9-4-6-18-40-27/h10-15,24,27H,3-9,16-19,35H2,1-2H3,(H,36,38). The molecule has 11 heteroatoms. The summed E-state index contributed by atoms with van der Waals surface area (Å²) in [5.74, 6) is -2.11. The summed E-state index contributed by atoms with van der Waals surface area (Å²) in [7, 11) is 0. The fraction of sp³-hybridized carbons (Fsp3) is 0.548. The van der Waals surface area contributed by atoms with Crippen molar-refractivity contribution in [2.24, 2.45) is 5.73 Å². The van der Waals surface area contributed by atoms with Crippen molar-refractivity contribution in [3.63, 3.8) is 0 Å². The summed E-state index contributed by atoms with van der Waals surface area (Å²) in [4.78, 5) is 24.8. The van der Waals surface area contributed by atoms with Crippen molar-refractivity contribution in [1.82, 2.24) is 5.32 Å². The third-order valence-corrected chi connectivity index (χ3v) is 7.55. The van der Waals surface area contributed by atoms with E-state index >= 15 is 0 Å². The zero-order valence-electron chi connectivity index (χ0n) is 24.1. The van der Waals surface area contributed by atoms with Crippen LogP contribution in [0.5, 0.6) is 17.2 Å². The fourth-order valence-electron chi connectivity index (χ4n) is 5.13. The maximum Gasteiger partial charge on any atom is 0.396 e. The molecule has 0 radical (unpaired) electrons. The summed E-state index contributed by atoms with van der Waals surface area (Å²) >= 11 is 0. The molecule has 3 atom stereocenters. The lowest BCUT2D eigenvalue weighted by Gasteiger charge is -2.28. The first-order valence-corrected chi connectivity index (χ1v) is 14.5. The molecule has 3 unspecified atom stereocenters. The Hall–Kier alpha value is -3.31. The third kappa shape index (κ3) is 7.74. The Labute approximate surface area is 244 Å². The summed E-state index contributed by atoms with van der Waals surface area (Å²) in [5, 5.41) is 2.86. The molecular weight excluding hydrogens is 553 g/mol. The average Bonchev–Trinajstić information content (AvgIpc) is 2.95. The number of unbranched alkanes of at least 4 members (excludes halogenated alkanes) is 1. The first-order valence-electron chi connectivity index (χ1n) is 14.5. The zero-order chi connectivity index (χ0) is 30.3. The average molecular weight is 593 g/mol. The first-order chi connectivity index (χ1) is 20.0. The van der Waals surface area contributed by atoms with Gasteiger partial charge in [0.1, 0.15) is 22.8 Å². The van der Waals surface area contributed by atoms with Gasteiger partial charge in [-0.15, -0.1) is 0 Å². The second-order valence-electron chi connectivity index (χ2n) is 10.9. The second-order valence-corrected chi connectivity index (χ2v) is 10.9. The molecule has 1 fully saturated rings. The maximum atomic E-state index is 13.6. The van der Waals surface area contributed by atoms with Crippen LogP contribution in [0.4, 0.5) is 13.2 Å². The smallest absolute Gasteiger partial charge is 0.396 e. The second kappa shape index (κ2) is 13.8. The Morgan fingerprint density at radius 2 is 1.88 bits per heavy atom. The summed E-state index contributed by atoms with van der Waals surface area (Å²) in [6, 6.07) is 9.95. The van der Waals surface area contributed by atoms with Gasteiger partial charge < -0.3 is 30.0 Å². The number of rotatable bonds is 12. The van der Waals surface area contributed by atoms with Gasteiger partial charge >= 0.3 is 12.1 Å². The lowest BCUT2D eigenvalue weighted by atomic mass is 9.89. The molecule has 1 amide bonds. The molecule has 1 saturated heterocycles. The highest BCUT2D eigenvalue weighted by molar-refractivity contribution is 5.87. The molecule has 3 N–H and O–H groups in total. The molecule has 2 aliphatic heterocycles. The number of fused-ring (bicyclic) bond motifs is 1. The molecule has 0 spiro atoms. The Morgan fingerprint density at radius 3 is 2.55 bits per heavy atom. The molecule has 0 aromatic heterocycles. The predicted octanol–water partition coefficient (Wildman–Crippen LogP) is 5.65. The molecule has 42 heavy (non-hydrogen) atoms. The number of hydrogen-bond acceptors (Lipinski definition) is 7. The van der Waals surface area contributed by atoms with Crippen LogP contribution in [-0.2, 0) is 26.3 Å². The van der Waals surface area contributed by atoms with E-state index in [0.29, 0.717) is 61.5 Å². The number of carbonyl (C=O) groups is 2. The van der Waals surface area contributed by atoms with Crippen LogP contribution >= 0.6 is 0 Å². The Kier molecular flexibility index (Phi) is 10.4. The minimum Gasteiger partial charge on any atom is -0.493 e. The topological polar surface area (TPSA) is 109 Å². The molecular formula is C31H39F3N2O6. The van der Waals surface area contributed by atoms with E-state index in [9.17, 15) is 22.8 Å². The number of carbonyl (C=O) groups excluding carboxylic acids is 2. The minimum absolute atomic E-state index is 0.0362. The summed E-state index contributed by atoms with van der Waals surface area (Å²) in [5.41, 5.74) is 6.19. The van der Waals surface area contributed by atoms with Crippen molar-refractivity contribution >= 4 is 11.9 Å². The van der Waals surface area contributed by atoms with Crippen LogP contribution in [0.2, 0.25) is 0 Å². The van der Waals surface area contributed by atoms with Crippen LogP contribution in [0.25, 0.3) is 0 Å².